The summed E-state index contributed by atoms with van der Waals surface area (Å²) >= 11 is 1.69. The number of nitrogens with two attached hydrogens (primary N) is 1. The van der Waals surface area contributed by atoms with Crippen LogP contribution in [-0.2, 0) is 6.54 Å². The second-order valence-corrected chi connectivity index (χ2v) is 5.92. The van der Waals surface area contributed by atoms with E-state index >= 15 is 0 Å². The van der Waals surface area contributed by atoms with Crippen LogP contribution >= 0.6 is 11.3 Å². The maximum Gasteiger partial charge on any atom is 0.148 e. The molecule has 2 aromatic heterocycles. The third kappa shape index (κ3) is 2.48. The lowest BCUT2D eigenvalue weighted by Gasteiger charge is -2.12. The summed E-state index contributed by atoms with van der Waals surface area (Å²) in [6, 6.07) is 0.279. The number of aromatic nitrogens is 3. The minimum atomic E-state index is 0.279. The van der Waals surface area contributed by atoms with Crippen LogP contribution in [0.3, 0.4) is 0 Å². The summed E-state index contributed by atoms with van der Waals surface area (Å²) in [6.07, 6.45) is 1.88. The van der Waals surface area contributed by atoms with Crippen molar-refractivity contribution >= 4 is 22.8 Å². The molecule has 0 radical (unpaired) electrons. The van der Waals surface area contributed by atoms with Crippen LogP contribution in [0.15, 0.2) is 6.20 Å². The van der Waals surface area contributed by atoms with Crippen LogP contribution < -0.4 is 11.1 Å². The number of hydrogen-bond donors (Lipinski definition) is 2. The van der Waals surface area contributed by atoms with E-state index in [1.165, 1.54) is 4.88 Å². The Kier molecular flexibility index (Phi) is 3.56. The fourth-order valence-electron chi connectivity index (χ4n) is 1.75. The fourth-order valence-corrected chi connectivity index (χ4v) is 2.48. The molecule has 6 heteroatoms. The summed E-state index contributed by atoms with van der Waals surface area (Å²) in [5.74, 6) is 0.885. The van der Waals surface area contributed by atoms with Gasteiger partial charge in [0.05, 0.1) is 17.9 Å². The lowest BCUT2D eigenvalue weighted by Crippen LogP contribution is -2.10. The molecule has 0 fully saturated rings. The van der Waals surface area contributed by atoms with Crippen molar-refractivity contribution in [2.75, 3.05) is 11.1 Å². The van der Waals surface area contributed by atoms with Gasteiger partial charge >= 0.3 is 0 Å². The second kappa shape index (κ2) is 4.97. The highest BCUT2D eigenvalue weighted by molar-refractivity contribution is 7.11. The molecule has 0 amide bonds. The molecule has 0 aliphatic heterocycles. The van der Waals surface area contributed by atoms with Gasteiger partial charge in [-0.15, -0.1) is 11.3 Å². The molecule has 0 spiro atoms. The van der Waals surface area contributed by atoms with Crippen LogP contribution in [0.25, 0.3) is 0 Å². The van der Waals surface area contributed by atoms with E-state index in [0.717, 1.165) is 22.2 Å². The third-order valence-corrected chi connectivity index (χ3v) is 3.61. The maximum absolute atomic E-state index is 6.05. The van der Waals surface area contributed by atoms with Gasteiger partial charge in [0, 0.05) is 17.1 Å². The van der Waals surface area contributed by atoms with Gasteiger partial charge in [0.15, 0.2) is 0 Å². The second-order valence-electron chi connectivity index (χ2n) is 4.60. The van der Waals surface area contributed by atoms with Crippen molar-refractivity contribution in [3.8, 4) is 0 Å². The molecule has 0 atom stereocenters. The highest BCUT2D eigenvalue weighted by atomic mass is 32.1. The largest absolute Gasteiger partial charge is 0.394 e. The lowest BCUT2D eigenvalue weighted by atomic mass is 10.3. The first-order valence-electron chi connectivity index (χ1n) is 5.98. The number of anilines is 2. The predicted octanol–water partition coefficient (Wildman–Crippen LogP) is 2.73. The number of hydrogen-bond acceptors (Lipinski definition) is 5. The first-order valence-corrected chi connectivity index (χ1v) is 6.80. The Hall–Kier alpha value is -1.56. The zero-order valence-electron chi connectivity index (χ0n) is 11.2. The standard InChI is InChI=1S/C12H19N5S/c1-7(2)17-12(11(13)9(4)16-17)15-6-10-14-5-8(3)18-10/h5,7,15H,6,13H2,1-4H3. The Labute approximate surface area is 111 Å². The Morgan fingerprint density at radius 3 is 2.72 bits per heavy atom. The van der Waals surface area contributed by atoms with Crippen molar-refractivity contribution in [1.29, 1.82) is 0 Å². The fraction of sp³-hybridized carbons (Fsp3) is 0.500. The average molecular weight is 265 g/mol. The van der Waals surface area contributed by atoms with E-state index in [0.29, 0.717) is 6.54 Å². The molecule has 0 saturated heterocycles. The van der Waals surface area contributed by atoms with Crippen LogP contribution in [0.1, 0.15) is 35.5 Å². The zero-order valence-corrected chi connectivity index (χ0v) is 12.0. The summed E-state index contributed by atoms with van der Waals surface area (Å²) in [4.78, 5) is 5.54. The van der Waals surface area contributed by atoms with Gasteiger partial charge in [-0.05, 0) is 27.7 Å². The monoisotopic (exact) mass is 265 g/mol. The van der Waals surface area contributed by atoms with Crippen LogP contribution in [0.5, 0.6) is 0 Å². The van der Waals surface area contributed by atoms with Gasteiger partial charge < -0.3 is 11.1 Å². The van der Waals surface area contributed by atoms with Gasteiger partial charge in [-0.3, -0.25) is 0 Å². The Bertz CT molecular complexity index is 541. The van der Waals surface area contributed by atoms with E-state index in [-0.39, 0.29) is 6.04 Å². The minimum Gasteiger partial charge on any atom is -0.394 e. The quantitative estimate of drug-likeness (QED) is 0.892. The molecule has 2 rings (SSSR count). The molecule has 2 aromatic rings. The molecule has 0 aromatic carbocycles. The van der Waals surface area contributed by atoms with Gasteiger partial charge in [0.1, 0.15) is 10.8 Å². The molecule has 18 heavy (non-hydrogen) atoms. The molecule has 5 nitrogen and oxygen atoms in total. The summed E-state index contributed by atoms with van der Waals surface area (Å²) < 4.78 is 1.92. The Morgan fingerprint density at radius 2 is 2.17 bits per heavy atom. The minimum absolute atomic E-state index is 0.279. The molecule has 3 N–H and O–H groups in total. The van der Waals surface area contributed by atoms with Gasteiger partial charge in [0.25, 0.3) is 0 Å². The highest BCUT2D eigenvalue weighted by Gasteiger charge is 2.14. The van der Waals surface area contributed by atoms with E-state index in [1.807, 2.05) is 17.8 Å². The molecule has 0 saturated carbocycles. The number of rotatable bonds is 4. The Balaban J connectivity index is 2.18. The van der Waals surface area contributed by atoms with E-state index in [2.05, 4.69) is 36.2 Å². The molecule has 0 bridgehead atoms. The highest BCUT2D eigenvalue weighted by Crippen LogP contribution is 2.26. The van der Waals surface area contributed by atoms with Crippen molar-refractivity contribution < 1.29 is 0 Å². The van der Waals surface area contributed by atoms with Crippen LogP contribution in [0, 0.1) is 13.8 Å². The summed E-state index contributed by atoms with van der Waals surface area (Å²) in [7, 11) is 0. The van der Waals surface area contributed by atoms with Crippen LogP contribution in [0.4, 0.5) is 11.5 Å². The molecule has 2 heterocycles. The van der Waals surface area contributed by atoms with Gasteiger partial charge in [-0.1, -0.05) is 0 Å². The number of nitrogens with zero attached hydrogens (tertiary/aromatic N) is 3. The lowest BCUT2D eigenvalue weighted by molar-refractivity contribution is 0.534. The molecule has 98 valence electrons. The SMILES string of the molecule is Cc1cnc(CNc2c(N)c(C)nn2C(C)C)s1. The first-order chi connectivity index (χ1) is 8.49. The van der Waals surface area contributed by atoms with Crippen molar-refractivity contribution in [2.24, 2.45) is 0 Å². The number of nitrogens with one attached hydrogen (secondary N) is 1. The van der Waals surface area contributed by atoms with Crippen molar-refractivity contribution in [2.45, 2.75) is 40.3 Å². The van der Waals surface area contributed by atoms with E-state index in [4.69, 9.17) is 5.73 Å². The molecular formula is C12H19N5S. The first kappa shape index (κ1) is 12.9. The topological polar surface area (TPSA) is 68.8 Å². The van der Waals surface area contributed by atoms with Crippen molar-refractivity contribution in [3.63, 3.8) is 0 Å². The molecule has 0 aliphatic carbocycles. The number of aryl methyl sites for hydroxylation is 2. The van der Waals surface area contributed by atoms with Gasteiger partial charge in [-0.25, -0.2) is 9.67 Å². The van der Waals surface area contributed by atoms with Crippen molar-refractivity contribution in [3.05, 3.63) is 21.8 Å². The smallest absolute Gasteiger partial charge is 0.148 e. The van der Waals surface area contributed by atoms with Crippen LogP contribution in [0.2, 0.25) is 0 Å². The van der Waals surface area contributed by atoms with Gasteiger partial charge in [0.2, 0.25) is 0 Å². The normalized spacial score (nSPS) is 11.2. The molecular weight excluding hydrogens is 246 g/mol. The van der Waals surface area contributed by atoms with E-state index in [9.17, 15) is 0 Å². The summed E-state index contributed by atoms with van der Waals surface area (Å²) in [5, 5.41) is 8.83. The van der Waals surface area contributed by atoms with Crippen LogP contribution in [-0.4, -0.2) is 14.8 Å². The summed E-state index contributed by atoms with van der Waals surface area (Å²) in [5.41, 5.74) is 7.63. The predicted molar refractivity (Wildman–Crippen MR) is 75.9 cm³/mol. The average Bonchev–Trinajstić information content (AvgIpc) is 2.83. The summed E-state index contributed by atoms with van der Waals surface area (Å²) in [6.45, 7) is 8.83. The third-order valence-electron chi connectivity index (χ3n) is 2.70. The maximum atomic E-state index is 6.05. The van der Waals surface area contributed by atoms with E-state index in [1.54, 1.807) is 11.3 Å². The van der Waals surface area contributed by atoms with Crippen molar-refractivity contribution in [1.82, 2.24) is 14.8 Å². The zero-order chi connectivity index (χ0) is 13.3. The Morgan fingerprint density at radius 1 is 1.44 bits per heavy atom. The van der Waals surface area contributed by atoms with E-state index < -0.39 is 0 Å². The number of nitrogen functional groups attached to an aromatic ring is 1. The number of thiazole rings is 1. The van der Waals surface area contributed by atoms with Gasteiger partial charge in [-0.2, -0.15) is 5.10 Å². The molecule has 0 aliphatic rings. The molecule has 0 unspecified atom stereocenters.